The van der Waals surface area contributed by atoms with Gasteiger partial charge in [-0.25, -0.2) is 0 Å². The van der Waals surface area contributed by atoms with Crippen LogP contribution >= 0.6 is 0 Å². The second-order valence-corrected chi connectivity index (χ2v) is 22.0. The molecule has 0 aromatic heterocycles. The summed E-state index contributed by atoms with van der Waals surface area (Å²) in [5.74, 6) is -1.01. The van der Waals surface area contributed by atoms with Gasteiger partial charge in [0.1, 0.15) is 13.2 Å². The van der Waals surface area contributed by atoms with Crippen LogP contribution in [0.25, 0.3) is 0 Å². The van der Waals surface area contributed by atoms with E-state index in [2.05, 4.69) is 148 Å². The Morgan fingerprint density at radius 3 is 0.802 bits per heavy atom. The molecule has 0 saturated heterocycles. The Morgan fingerprint density at radius 1 is 0.259 bits per heavy atom. The molecule has 0 spiro atoms. The van der Waals surface area contributed by atoms with Crippen molar-refractivity contribution in [3.63, 3.8) is 0 Å². The number of ether oxygens (including phenoxy) is 3. The number of esters is 3. The van der Waals surface area contributed by atoms with E-state index in [0.717, 1.165) is 122 Å². The van der Waals surface area contributed by atoms with Crippen LogP contribution in [0.2, 0.25) is 0 Å². The minimum absolute atomic E-state index is 0.116. The molecule has 0 radical (unpaired) electrons. The SMILES string of the molecule is CC/C=C\C/C=C\C/C=C\C/C=C\C/C=C\C/C=C\CCC(=O)OC(COC(=O)CCCCCCC/C=C\C/C=C\C/C=C\CC)COC(=O)CCCCCCCCCCCCCCCCCCC/C=C\C/C=C\CCCCCCC. The van der Waals surface area contributed by atoms with Crippen molar-refractivity contribution in [3.8, 4) is 0 Å². The molecule has 6 heteroatoms. The molecule has 6 nitrogen and oxygen atoms in total. The molecule has 0 bridgehead atoms. The molecule has 0 aliphatic heterocycles. The van der Waals surface area contributed by atoms with Crippen molar-refractivity contribution in [3.05, 3.63) is 134 Å². The molecule has 1 unspecified atom stereocenters. The number of carbonyl (C=O) groups is 3. The molecule has 1 atom stereocenters. The molecular formula is C75H124O6. The fourth-order valence-corrected chi connectivity index (χ4v) is 9.16. The Bertz CT molecular complexity index is 1720. The average molecular weight is 1120 g/mol. The van der Waals surface area contributed by atoms with E-state index in [9.17, 15) is 14.4 Å². The van der Waals surface area contributed by atoms with E-state index < -0.39 is 12.1 Å². The van der Waals surface area contributed by atoms with Gasteiger partial charge in [-0.1, -0.05) is 296 Å². The summed E-state index contributed by atoms with van der Waals surface area (Å²) < 4.78 is 16.9. The number of unbranched alkanes of at least 4 members (excludes halogenated alkanes) is 27. The molecule has 81 heavy (non-hydrogen) atoms. The zero-order valence-corrected chi connectivity index (χ0v) is 52.8. The molecular weight excluding hydrogens is 997 g/mol. The van der Waals surface area contributed by atoms with E-state index in [1.165, 1.54) is 135 Å². The van der Waals surface area contributed by atoms with Gasteiger partial charge >= 0.3 is 17.9 Å². The molecule has 0 fully saturated rings. The maximum atomic E-state index is 12.9. The molecule has 0 rings (SSSR count). The van der Waals surface area contributed by atoms with Crippen molar-refractivity contribution in [2.24, 2.45) is 0 Å². The number of allylic oxidation sites excluding steroid dienone is 22. The minimum Gasteiger partial charge on any atom is -0.462 e. The summed E-state index contributed by atoms with van der Waals surface area (Å²) in [5, 5.41) is 0. The van der Waals surface area contributed by atoms with Gasteiger partial charge < -0.3 is 14.2 Å². The largest absolute Gasteiger partial charge is 0.462 e. The Morgan fingerprint density at radius 2 is 0.506 bits per heavy atom. The highest BCUT2D eigenvalue weighted by Gasteiger charge is 2.19. The van der Waals surface area contributed by atoms with Crippen molar-refractivity contribution < 1.29 is 28.6 Å². The smallest absolute Gasteiger partial charge is 0.306 e. The van der Waals surface area contributed by atoms with Gasteiger partial charge in [0.2, 0.25) is 0 Å². The Hall–Kier alpha value is -4.45. The standard InChI is InChI=1S/C75H124O6/c1-4-7-10-13-16-19-22-25-28-30-32-33-34-35-36-37-38-39-40-41-43-44-47-50-53-56-59-62-65-68-74(77)80-71-72(70-79-73(76)67-64-61-58-55-52-49-46-27-24-21-18-15-12-9-6-3)81-75(78)69-66-63-60-57-54-51-48-45-42-31-29-26-23-20-17-14-11-8-5-2/h8-9,11-12,17-18,20-22,25-27,29-30,32,42,45-46,51,54,60,63,72H,4-7,10,13-16,19,23-24,28,31,33-41,43-44,47-50,52-53,55-59,61-62,64-71H2,1-3H3/b11-8-,12-9-,20-17-,21-18-,25-22-,29-26-,32-30-,45-42-,46-27-,54-51-,63-60-. The lowest BCUT2D eigenvalue weighted by molar-refractivity contribution is -0.166. The first-order chi connectivity index (χ1) is 40.0. The van der Waals surface area contributed by atoms with E-state index in [1.807, 2.05) is 6.08 Å². The van der Waals surface area contributed by atoms with Crippen molar-refractivity contribution >= 4 is 17.9 Å². The summed E-state index contributed by atoms with van der Waals surface area (Å²) in [5.41, 5.74) is 0. The van der Waals surface area contributed by atoms with Gasteiger partial charge in [0.25, 0.3) is 0 Å². The first-order valence-corrected chi connectivity index (χ1v) is 33.7. The third-order valence-electron chi connectivity index (χ3n) is 14.1. The first kappa shape index (κ1) is 76.5. The topological polar surface area (TPSA) is 78.9 Å². The first-order valence-electron chi connectivity index (χ1n) is 33.7. The van der Waals surface area contributed by atoms with Crippen LogP contribution < -0.4 is 0 Å². The van der Waals surface area contributed by atoms with Crippen LogP contribution in [0.15, 0.2) is 134 Å². The van der Waals surface area contributed by atoms with Crippen LogP contribution in [-0.2, 0) is 28.6 Å². The number of hydrogen-bond acceptors (Lipinski definition) is 6. The Kier molecular flexibility index (Phi) is 64.3. The zero-order chi connectivity index (χ0) is 58.5. The molecule has 0 N–H and O–H groups in total. The zero-order valence-electron chi connectivity index (χ0n) is 52.8. The van der Waals surface area contributed by atoms with Crippen LogP contribution in [0.1, 0.15) is 303 Å². The van der Waals surface area contributed by atoms with Crippen LogP contribution in [-0.4, -0.2) is 37.2 Å². The van der Waals surface area contributed by atoms with Gasteiger partial charge in [0.15, 0.2) is 6.10 Å². The highest BCUT2D eigenvalue weighted by atomic mass is 16.6. The van der Waals surface area contributed by atoms with Crippen molar-refractivity contribution in [2.45, 2.75) is 309 Å². The fourth-order valence-electron chi connectivity index (χ4n) is 9.16. The van der Waals surface area contributed by atoms with E-state index in [1.54, 1.807) is 0 Å². The van der Waals surface area contributed by atoms with Crippen molar-refractivity contribution in [1.29, 1.82) is 0 Å². The molecule has 460 valence electrons. The van der Waals surface area contributed by atoms with Gasteiger partial charge in [-0.2, -0.15) is 0 Å². The highest BCUT2D eigenvalue weighted by molar-refractivity contribution is 5.71. The van der Waals surface area contributed by atoms with Gasteiger partial charge in [-0.15, -0.1) is 0 Å². The second-order valence-electron chi connectivity index (χ2n) is 22.0. The van der Waals surface area contributed by atoms with E-state index in [0.29, 0.717) is 19.3 Å². The van der Waals surface area contributed by atoms with Crippen LogP contribution in [0.4, 0.5) is 0 Å². The van der Waals surface area contributed by atoms with Gasteiger partial charge in [-0.3, -0.25) is 14.4 Å². The van der Waals surface area contributed by atoms with Crippen LogP contribution in [0, 0.1) is 0 Å². The molecule has 0 aliphatic carbocycles. The van der Waals surface area contributed by atoms with Crippen LogP contribution in [0.3, 0.4) is 0 Å². The van der Waals surface area contributed by atoms with Crippen molar-refractivity contribution in [1.82, 2.24) is 0 Å². The third-order valence-corrected chi connectivity index (χ3v) is 14.1. The maximum absolute atomic E-state index is 12.9. The molecule has 0 aliphatic rings. The van der Waals surface area contributed by atoms with Crippen molar-refractivity contribution in [2.75, 3.05) is 13.2 Å². The Labute approximate surface area is 500 Å². The summed E-state index contributed by atoms with van der Waals surface area (Å²) >= 11 is 0. The lowest BCUT2D eigenvalue weighted by Crippen LogP contribution is -2.30. The number of hydrogen-bond donors (Lipinski definition) is 0. The third kappa shape index (κ3) is 66.2. The monoisotopic (exact) mass is 1120 g/mol. The molecule has 0 saturated carbocycles. The maximum Gasteiger partial charge on any atom is 0.306 e. The summed E-state index contributed by atoms with van der Waals surface area (Å²) in [6, 6.07) is 0. The summed E-state index contributed by atoms with van der Waals surface area (Å²) in [4.78, 5) is 38.3. The van der Waals surface area contributed by atoms with E-state index in [-0.39, 0.29) is 31.6 Å². The molecule has 0 amide bonds. The molecule has 0 aromatic rings. The normalized spacial score (nSPS) is 13.0. The predicted octanol–water partition coefficient (Wildman–Crippen LogP) is 23.3. The lowest BCUT2D eigenvalue weighted by atomic mass is 10.0. The summed E-state index contributed by atoms with van der Waals surface area (Å²) in [6.07, 6.45) is 96.3. The van der Waals surface area contributed by atoms with E-state index in [4.69, 9.17) is 14.2 Å². The summed E-state index contributed by atoms with van der Waals surface area (Å²) in [6.45, 7) is 6.34. The Balaban J connectivity index is 4.37. The average Bonchev–Trinajstić information content (AvgIpc) is 3.47. The molecule has 0 aromatic carbocycles. The predicted molar refractivity (Wildman–Crippen MR) is 353 cm³/mol. The second kappa shape index (κ2) is 68.1. The van der Waals surface area contributed by atoms with Gasteiger partial charge in [0, 0.05) is 19.3 Å². The summed E-state index contributed by atoms with van der Waals surface area (Å²) in [7, 11) is 0. The van der Waals surface area contributed by atoms with E-state index >= 15 is 0 Å². The van der Waals surface area contributed by atoms with Gasteiger partial charge in [0.05, 0.1) is 0 Å². The molecule has 0 heterocycles. The minimum atomic E-state index is -0.831. The number of rotatable bonds is 60. The highest BCUT2D eigenvalue weighted by Crippen LogP contribution is 2.16. The van der Waals surface area contributed by atoms with Gasteiger partial charge in [-0.05, 0) is 122 Å². The fraction of sp³-hybridized carbons (Fsp3) is 0.667. The number of carbonyl (C=O) groups excluding carboxylic acids is 3. The quantitative estimate of drug-likeness (QED) is 0.0261. The van der Waals surface area contributed by atoms with Crippen LogP contribution in [0.5, 0.6) is 0 Å². The lowest BCUT2D eigenvalue weighted by Gasteiger charge is -2.18.